The van der Waals surface area contributed by atoms with Crippen molar-refractivity contribution in [2.24, 2.45) is 0 Å². The molecule has 0 radical (unpaired) electrons. The number of benzene rings is 2. The molecule has 2 aromatic carbocycles. The highest BCUT2D eigenvalue weighted by atomic mass is 127. The Hall–Kier alpha value is -2.50. The summed E-state index contributed by atoms with van der Waals surface area (Å²) in [5, 5.41) is 0. The van der Waals surface area contributed by atoms with Crippen LogP contribution in [0.4, 0.5) is 26.3 Å². The number of nitrogens with zero attached hydrogens (tertiary/aromatic N) is 1. The molecule has 3 rings (SSSR count). The average Bonchev–Trinajstić information content (AvgIpc) is 2.61. The fraction of sp³-hybridized carbons (Fsp3) is 0.105. The van der Waals surface area contributed by atoms with Crippen molar-refractivity contribution in [2.75, 3.05) is 0 Å². The van der Waals surface area contributed by atoms with Crippen LogP contribution in [0.5, 0.6) is 11.5 Å². The van der Waals surface area contributed by atoms with E-state index in [0.717, 1.165) is 12.1 Å². The number of pyridine rings is 1. The zero-order valence-electron chi connectivity index (χ0n) is 14.2. The summed E-state index contributed by atoms with van der Waals surface area (Å²) in [6, 6.07) is 13.7. The summed E-state index contributed by atoms with van der Waals surface area (Å²) in [6.07, 6.45) is -9.82. The van der Waals surface area contributed by atoms with Crippen molar-refractivity contribution in [3.8, 4) is 34.0 Å². The Morgan fingerprint density at radius 2 is 1.14 bits per heavy atom. The van der Waals surface area contributed by atoms with E-state index in [4.69, 9.17) is 0 Å². The first-order valence-electron chi connectivity index (χ1n) is 7.90. The van der Waals surface area contributed by atoms with E-state index in [-0.39, 0.29) is 22.5 Å². The lowest BCUT2D eigenvalue weighted by molar-refractivity contribution is -0.275. The summed E-state index contributed by atoms with van der Waals surface area (Å²) in [6.45, 7) is 0. The van der Waals surface area contributed by atoms with Crippen LogP contribution in [0.15, 0.2) is 60.7 Å². The molecule has 0 bridgehead atoms. The topological polar surface area (TPSA) is 31.4 Å². The molecule has 0 aliphatic heterocycles. The Morgan fingerprint density at radius 3 is 1.69 bits per heavy atom. The van der Waals surface area contributed by atoms with Gasteiger partial charge in [0.25, 0.3) is 0 Å². The van der Waals surface area contributed by atoms with Gasteiger partial charge in [-0.2, -0.15) is 0 Å². The minimum absolute atomic E-state index is 0.0386. The number of para-hydroxylation sites is 2. The maximum Gasteiger partial charge on any atom is 0.573 e. The Balaban J connectivity index is 2.11. The molecule has 29 heavy (non-hydrogen) atoms. The molecule has 0 spiro atoms. The molecule has 3 aromatic rings. The molecule has 1 aromatic heterocycles. The van der Waals surface area contributed by atoms with Crippen LogP contribution in [0.25, 0.3) is 22.5 Å². The van der Waals surface area contributed by atoms with E-state index in [1.807, 2.05) is 22.6 Å². The second-order valence-corrected chi connectivity index (χ2v) is 6.78. The molecule has 0 aliphatic rings. The van der Waals surface area contributed by atoms with E-state index in [1.165, 1.54) is 48.5 Å². The van der Waals surface area contributed by atoms with Gasteiger partial charge in [-0.05, 0) is 59.0 Å². The molecular weight excluding hydrogens is 515 g/mol. The van der Waals surface area contributed by atoms with Crippen LogP contribution in [0.1, 0.15) is 0 Å². The van der Waals surface area contributed by atoms with Gasteiger partial charge in [-0.15, -0.1) is 26.3 Å². The first-order chi connectivity index (χ1) is 13.5. The van der Waals surface area contributed by atoms with E-state index in [1.54, 1.807) is 0 Å². The molecule has 3 nitrogen and oxygen atoms in total. The van der Waals surface area contributed by atoms with Gasteiger partial charge in [-0.3, -0.25) is 0 Å². The highest BCUT2D eigenvalue weighted by molar-refractivity contribution is 14.1. The second kappa shape index (κ2) is 8.09. The molecule has 0 aliphatic carbocycles. The molecule has 1 heterocycles. The number of halogens is 7. The second-order valence-electron chi connectivity index (χ2n) is 5.61. The molecule has 152 valence electrons. The van der Waals surface area contributed by atoms with Crippen LogP contribution in [-0.4, -0.2) is 17.7 Å². The van der Waals surface area contributed by atoms with Crippen LogP contribution in [0.3, 0.4) is 0 Å². The van der Waals surface area contributed by atoms with Crippen molar-refractivity contribution in [3.05, 3.63) is 64.2 Å². The normalized spacial score (nSPS) is 12.0. The molecule has 0 atom stereocenters. The summed E-state index contributed by atoms with van der Waals surface area (Å²) in [4.78, 5) is 4.29. The average molecular weight is 525 g/mol. The van der Waals surface area contributed by atoms with Gasteiger partial charge in [-0.1, -0.05) is 24.3 Å². The minimum Gasteiger partial charge on any atom is -0.405 e. The van der Waals surface area contributed by atoms with Crippen LogP contribution in [0, 0.1) is 3.57 Å². The summed E-state index contributed by atoms with van der Waals surface area (Å²) >= 11 is 1.87. The molecule has 0 unspecified atom stereocenters. The van der Waals surface area contributed by atoms with E-state index in [2.05, 4.69) is 14.5 Å². The molecule has 10 heteroatoms. The van der Waals surface area contributed by atoms with E-state index >= 15 is 0 Å². The van der Waals surface area contributed by atoms with Gasteiger partial charge < -0.3 is 9.47 Å². The van der Waals surface area contributed by atoms with Crippen LogP contribution < -0.4 is 9.47 Å². The molecule has 0 N–H and O–H groups in total. The van der Waals surface area contributed by atoms with E-state index in [9.17, 15) is 26.3 Å². The minimum atomic E-state index is -4.91. The molecular formula is C19H10F6INO2. The van der Waals surface area contributed by atoms with Crippen molar-refractivity contribution < 1.29 is 35.8 Å². The van der Waals surface area contributed by atoms with Gasteiger partial charge in [0.2, 0.25) is 0 Å². The molecule has 0 saturated carbocycles. The lowest BCUT2D eigenvalue weighted by atomic mass is 10.1. The number of hydrogen-bond donors (Lipinski definition) is 0. The molecule has 0 saturated heterocycles. The SMILES string of the molecule is FC(F)(F)Oc1ccccc1-c1ccc(I)c(-c2ccccc2OC(F)(F)F)n1. The number of rotatable bonds is 4. The predicted molar refractivity (Wildman–Crippen MR) is 101 cm³/mol. The quantitative estimate of drug-likeness (QED) is 0.277. The van der Waals surface area contributed by atoms with Crippen LogP contribution in [0.2, 0.25) is 0 Å². The predicted octanol–water partition coefficient (Wildman–Crippen LogP) is 6.82. The highest BCUT2D eigenvalue weighted by Gasteiger charge is 2.33. The first-order valence-corrected chi connectivity index (χ1v) is 8.98. The third-order valence-corrected chi connectivity index (χ3v) is 4.47. The van der Waals surface area contributed by atoms with Gasteiger partial charge in [0, 0.05) is 14.7 Å². The number of alkyl halides is 6. The Labute approximate surface area is 174 Å². The van der Waals surface area contributed by atoms with Gasteiger partial charge in [-0.25, -0.2) is 4.98 Å². The lowest BCUT2D eigenvalue weighted by Gasteiger charge is -2.16. The smallest absolute Gasteiger partial charge is 0.405 e. The standard InChI is InChI=1S/C19H10F6INO2/c20-18(21,22)28-15-7-3-1-5-11(15)14-10-9-13(26)17(27-14)12-6-2-4-8-16(12)29-19(23,24)25/h1-10H. The van der Waals surface area contributed by atoms with Crippen LogP contribution in [-0.2, 0) is 0 Å². The highest BCUT2D eigenvalue weighted by Crippen LogP contribution is 2.38. The van der Waals surface area contributed by atoms with Gasteiger partial charge >= 0.3 is 12.7 Å². The number of hydrogen-bond acceptors (Lipinski definition) is 3. The Bertz CT molecular complexity index is 1020. The maximum absolute atomic E-state index is 12.7. The van der Waals surface area contributed by atoms with Gasteiger partial charge in [0.15, 0.2) is 0 Å². The van der Waals surface area contributed by atoms with Gasteiger partial charge in [0.05, 0.1) is 11.4 Å². The van der Waals surface area contributed by atoms with E-state index in [0.29, 0.717) is 3.57 Å². The third kappa shape index (κ3) is 5.52. The summed E-state index contributed by atoms with van der Waals surface area (Å²) < 4.78 is 84.8. The molecule has 0 fully saturated rings. The van der Waals surface area contributed by atoms with E-state index < -0.39 is 24.2 Å². The summed E-state index contributed by atoms with van der Waals surface area (Å²) in [5.74, 6) is -0.943. The van der Waals surface area contributed by atoms with Crippen molar-refractivity contribution in [3.63, 3.8) is 0 Å². The number of aromatic nitrogens is 1. The Kier molecular flexibility index (Phi) is 5.92. The largest absolute Gasteiger partial charge is 0.573 e. The zero-order chi connectivity index (χ0) is 21.2. The fourth-order valence-electron chi connectivity index (χ4n) is 2.55. The van der Waals surface area contributed by atoms with Crippen molar-refractivity contribution >= 4 is 22.6 Å². The molecule has 0 amide bonds. The lowest BCUT2D eigenvalue weighted by Crippen LogP contribution is -2.18. The Morgan fingerprint density at radius 1 is 0.655 bits per heavy atom. The fourth-order valence-corrected chi connectivity index (χ4v) is 3.14. The van der Waals surface area contributed by atoms with Crippen LogP contribution >= 0.6 is 22.6 Å². The zero-order valence-corrected chi connectivity index (χ0v) is 16.3. The summed E-state index contributed by atoms with van der Waals surface area (Å²) in [5.41, 5.74) is 0.314. The van der Waals surface area contributed by atoms with Gasteiger partial charge in [0.1, 0.15) is 11.5 Å². The summed E-state index contributed by atoms with van der Waals surface area (Å²) in [7, 11) is 0. The third-order valence-electron chi connectivity index (χ3n) is 3.60. The van der Waals surface area contributed by atoms with Crippen molar-refractivity contribution in [1.29, 1.82) is 0 Å². The number of ether oxygens (including phenoxy) is 2. The van der Waals surface area contributed by atoms with Crippen molar-refractivity contribution in [1.82, 2.24) is 4.98 Å². The first kappa shape index (κ1) is 21.2. The maximum atomic E-state index is 12.7. The monoisotopic (exact) mass is 525 g/mol. The van der Waals surface area contributed by atoms with Crippen molar-refractivity contribution in [2.45, 2.75) is 12.7 Å².